The molecule has 0 radical (unpaired) electrons. The molecule has 0 saturated heterocycles. The molecular formula is C18H21ClN2O3S. The van der Waals surface area contributed by atoms with Crippen molar-refractivity contribution in [2.24, 2.45) is 0 Å². The highest BCUT2D eigenvalue weighted by molar-refractivity contribution is 7.89. The molecule has 0 aliphatic heterocycles. The summed E-state index contributed by atoms with van der Waals surface area (Å²) in [5, 5.41) is 3.42. The van der Waals surface area contributed by atoms with E-state index in [1.807, 2.05) is 13.8 Å². The minimum atomic E-state index is -3.57. The summed E-state index contributed by atoms with van der Waals surface area (Å²) in [6.45, 7) is 3.66. The predicted octanol–water partition coefficient (Wildman–Crippen LogP) is 3.39. The van der Waals surface area contributed by atoms with E-state index in [9.17, 15) is 13.2 Å². The molecule has 25 heavy (non-hydrogen) atoms. The molecule has 0 bridgehead atoms. The third kappa shape index (κ3) is 4.60. The van der Waals surface area contributed by atoms with Gasteiger partial charge in [-0.05, 0) is 54.8 Å². The predicted molar refractivity (Wildman–Crippen MR) is 101 cm³/mol. The Hall–Kier alpha value is -1.89. The second kappa shape index (κ2) is 7.56. The zero-order valence-electron chi connectivity index (χ0n) is 14.6. The van der Waals surface area contributed by atoms with Crippen LogP contribution in [0.5, 0.6) is 0 Å². The number of nitrogens with zero attached hydrogens (tertiary/aromatic N) is 1. The number of benzene rings is 2. The number of hydrogen-bond acceptors (Lipinski definition) is 3. The van der Waals surface area contributed by atoms with Crippen LogP contribution >= 0.6 is 11.6 Å². The molecule has 2 aromatic rings. The van der Waals surface area contributed by atoms with Crippen LogP contribution in [0.2, 0.25) is 5.02 Å². The maximum Gasteiger partial charge on any atom is 0.242 e. The van der Waals surface area contributed by atoms with Gasteiger partial charge in [-0.1, -0.05) is 23.7 Å². The zero-order valence-corrected chi connectivity index (χ0v) is 16.2. The smallest absolute Gasteiger partial charge is 0.242 e. The molecule has 5 nitrogen and oxygen atoms in total. The third-order valence-electron chi connectivity index (χ3n) is 3.97. The molecule has 1 amide bonds. The molecule has 0 spiro atoms. The topological polar surface area (TPSA) is 66.5 Å². The Morgan fingerprint density at radius 2 is 1.72 bits per heavy atom. The minimum absolute atomic E-state index is 0.155. The molecule has 0 atom stereocenters. The molecule has 1 N–H and O–H groups in total. The number of sulfonamides is 1. The van der Waals surface area contributed by atoms with Crippen molar-refractivity contribution in [1.29, 1.82) is 0 Å². The quantitative estimate of drug-likeness (QED) is 0.864. The molecule has 2 aromatic carbocycles. The van der Waals surface area contributed by atoms with Gasteiger partial charge < -0.3 is 5.32 Å². The number of aryl methyl sites for hydroxylation is 1. The standard InChI is InChI=1S/C18H21ClN2O3S/c1-12-9-16(25(23,24)21(3)4)11-17(13(12)2)20-18(22)10-14-5-7-15(19)8-6-14/h5-9,11H,10H2,1-4H3,(H,20,22). The number of carbonyl (C=O) groups excluding carboxylic acids is 1. The highest BCUT2D eigenvalue weighted by Gasteiger charge is 2.20. The van der Waals surface area contributed by atoms with Crippen LogP contribution in [0.25, 0.3) is 0 Å². The largest absolute Gasteiger partial charge is 0.326 e. The average Bonchev–Trinajstić information content (AvgIpc) is 2.53. The van der Waals surface area contributed by atoms with Gasteiger partial charge in [0, 0.05) is 24.8 Å². The van der Waals surface area contributed by atoms with E-state index in [4.69, 9.17) is 11.6 Å². The van der Waals surface area contributed by atoms with Gasteiger partial charge >= 0.3 is 0 Å². The van der Waals surface area contributed by atoms with Gasteiger partial charge in [-0.15, -0.1) is 0 Å². The Morgan fingerprint density at radius 3 is 2.28 bits per heavy atom. The summed E-state index contributed by atoms with van der Waals surface area (Å²) in [6, 6.07) is 10.1. The summed E-state index contributed by atoms with van der Waals surface area (Å²) in [6.07, 6.45) is 0.181. The molecule has 0 heterocycles. The minimum Gasteiger partial charge on any atom is -0.326 e. The van der Waals surface area contributed by atoms with E-state index in [1.165, 1.54) is 20.2 Å². The highest BCUT2D eigenvalue weighted by Crippen LogP contribution is 2.25. The van der Waals surface area contributed by atoms with Crippen molar-refractivity contribution < 1.29 is 13.2 Å². The van der Waals surface area contributed by atoms with Gasteiger partial charge in [0.15, 0.2) is 0 Å². The molecule has 0 saturated carbocycles. The Morgan fingerprint density at radius 1 is 1.12 bits per heavy atom. The molecule has 0 aliphatic rings. The van der Waals surface area contributed by atoms with Crippen LogP contribution in [0, 0.1) is 13.8 Å². The normalized spacial score (nSPS) is 11.6. The lowest BCUT2D eigenvalue weighted by molar-refractivity contribution is -0.115. The van der Waals surface area contributed by atoms with Gasteiger partial charge in [-0.2, -0.15) is 0 Å². The lowest BCUT2D eigenvalue weighted by atomic mass is 10.1. The Balaban J connectivity index is 2.28. The number of anilines is 1. The molecule has 0 unspecified atom stereocenters. The zero-order chi connectivity index (χ0) is 18.8. The van der Waals surface area contributed by atoms with Crippen molar-refractivity contribution in [3.8, 4) is 0 Å². The summed E-state index contributed by atoms with van der Waals surface area (Å²) in [7, 11) is -0.620. The molecular weight excluding hydrogens is 360 g/mol. The van der Waals surface area contributed by atoms with Crippen LogP contribution in [-0.2, 0) is 21.2 Å². The lowest BCUT2D eigenvalue weighted by Gasteiger charge is -2.16. The maximum atomic E-state index is 12.4. The molecule has 0 fully saturated rings. The first kappa shape index (κ1) is 19.4. The highest BCUT2D eigenvalue weighted by atomic mass is 35.5. The summed E-state index contributed by atoms with van der Waals surface area (Å²) in [5.74, 6) is -0.218. The van der Waals surface area contributed by atoms with E-state index in [2.05, 4.69) is 5.32 Å². The Kier molecular flexibility index (Phi) is 5.87. The fraction of sp³-hybridized carbons (Fsp3) is 0.278. The molecule has 0 aromatic heterocycles. The van der Waals surface area contributed by atoms with Gasteiger partial charge in [-0.3, -0.25) is 4.79 Å². The van der Waals surface area contributed by atoms with Crippen LogP contribution < -0.4 is 5.32 Å². The van der Waals surface area contributed by atoms with E-state index in [-0.39, 0.29) is 17.2 Å². The van der Waals surface area contributed by atoms with E-state index < -0.39 is 10.0 Å². The monoisotopic (exact) mass is 380 g/mol. The van der Waals surface area contributed by atoms with Gasteiger partial charge in [0.2, 0.25) is 15.9 Å². The second-order valence-electron chi connectivity index (χ2n) is 6.05. The van der Waals surface area contributed by atoms with E-state index in [0.717, 1.165) is 21.0 Å². The summed E-state index contributed by atoms with van der Waals surface area (Å²) >= 11 is 5.84. The molecule has 134 valence electrons. The maximum absolute atomic E-state index is 12.4. The number of nitrogens with one attached hydrogen (secondary N) is 1. The van der Waals surface area contributed by atoms with Crippen LogP contribution in [-0.4, -0.2) is 32.7 Å². The van der Waals surface area contributed by atoms with E-state index in [1.54, 1.807) is 30.3 Å². The van der Waals surface area contributed by atoms with Gasteiger partial charge in [-0.25, -0.2) is 12.7 Å². The van der Waals surface area contributed by atoms with Crippen molar-refractivity contribution in [3.05, 3.63) is 58.1 Å². The second-order valence-corrected chi connectivity index (χ2v) is 8.64. The van der Waals surface area contributed by atoms with Crippen LogP contribution in [0.15, 0.2) is 41.3 Å². The molecule has 7 heteroatoms. The number of rotatable bonds is 5. The van der Waals surface area contributed by atoms with Crippen molar-refractivity contribution >= 4 is 33.2 Å². The molecule has 2 rings (SSSR count). The first-order chi connectivity index (χ1) is 11.6. The Bertz CT molecular complexity index is 891. The van der Waals surface area contributed by atoms with Gasteiger partial charge in [0.25, 0.3) is 0 Å². The number of halogens is 1. The first-order valence-electron chi connectivity index (χ1n) is 7.69. The number of carbonyl (C=O) groups is 1. The fourth-order valence-corrected chi connectivity index (χ4v) is 3.44. The van der Waals surface area contributed by atoms with Crippen molar-refractivity contribution in [1.82, 2.24) is 4.31 Å². The van der Waals surface area contributed by atoms with Gasteiger partial charge in [0.1, 0.15) is 0 Å². The fourth-order valence-electron chi connectivity index (χ4n) is 2.30. The van der Waals surface area contributed by atoms with E-state index in [0.29, 0.717) is 10.7 Å². The van der Waals surface area contributed by atoms with Gasteiger partial charge in [0.05, 0.1) is 11.3 Å². The van der Waals surface area contributed by atoms with Crippen molar-refractivity contribution in [2.45, 2.75) is 25.2 Å². The van der Waals surface area contributed by atoms with Crippen LogP contribution in [0.3, 0.4) is 0 Å². The summed E-state index contributed by atoms with van der Waals surface area (Å²) in [5.41, 5.74) is 2.96. The summed E-state index contributed by atoms with van der Waals surface area (Å²) in [4.78, 5) is 12.5. The number of hydrogen-bond donors (Lipinski definition) is 1. The van der Waals surface area contributed by atoms with Crippen molar-refractivity contribution in [2.75, 3.05) is 19.4 Å². The Labute approximate surface area is 153 Å². The van der Waals surface area contributed by atoms with Crippen molar-refractivity contribution in [3.63, 3.8) is 0 Å². The van der Waals surface area contributed by atoms with E-state index >= 15 is 0 Å². The van der Waals surface area contributed by atoms with Crippen LogP contribution in [0.1, 0.15) is 16.7 Å². The SMILES string of the molecule is Cc1cc(S(=O)(=O)N(C)C)cc(NC(=O)Cc2ccc(Cl)cc2)c1C. The van der Waals surface area contributed by atoms with Crippen LogP contribution in [0.4, 0.5) is 5.69 Å². The number of amides is 1. The third-order valence-corrected chi connectivity index (χ3v) is 6.02. The first-order valence-corrected chi connectivity index (χ1v) is 9.51. The molecule has 0 aliphatic carbocycles. The summed E-state index contributed by atoms with van der Waals surface area (Å²) < 4.78 is 25.9. The average molecular weight is 381 g/mol. The lowest BCUT2D eigenvalue weighted by Crippen LogP contribution is -2.23.